The third-order valence-corrected chi connectivity index (χ3v) is 3.93. The second-order valence-electron chi connectivity index (χ2n) is 3.80. The average Bonchev–Trinajstić information content (AvgIpc) is 2.38. The molecule has 0 radical (unpaired) electrons. The van der Waals surface area contributed by atoms with Gasteiger partial charge in [0.1, 0.15) is 17.9 Å². The van der Waals surface area contributed by atoms with Gasteiger partial charge in [-0.25, -0.2) is 4.79 Å². The van der Waals surface area contributed by atoms with Crippen molar-refractivity contribution in [2.75, 3.05) is 0 Å². The summed E-state index contributed by atoms with van der Waals surface area (Å²) in [5.41, 5.74) is 1.09. The predicted molar refractivity (Wildman–Crippen MR) is 79.6 cm³/mol. The zero-order valence-corrected chi connectivity index (χ0v) is 12.9. The van der Waals surface area contributed by atoms with Crippen LogP contribution in [0.3, 0.4) is 0 Å². The Morgan fingerprint density at radius 1 is 1.05 bits per heavy atom. The number of benzene rings is 2. The van der Waals surface area contributed by atoms with Gasteiger partial charge in [0.2, 0.25) is 0 Å². The molecule has 0 fully saturated rings. The largest absolute Gasteiger partial charge is 0.487 e. The number of carbonyl (C=O) groups is 1. The van der Waals surface area contributed by atoms with E-state index < -0.39 is 5.97 Å². The summed E-state index contributed by atoms with van der Waals surface area (Å²) in [7, 11) is 0. The Hall–Kier alpha value is -1.33. The number of carboxylic acid groups (broad SMARTS) is 1. The van der Waals surface area contributed by atoms with Crippen LogP contribution in [0.1, 0.15) is 15.9 Å². The third kappa shape index (κ3) is 3.36. The highest BCUT2D eigenvalue weighted by molar-refractivity contribution is 9.10. The molecule has 0 saturated heterocycles. The number of ether oxygens (including phenoxy) is 1. The Labute approximate surface area is 127 Å². The Bertz CT molecular complexity index is 611. The van der Waals surface area contributed by atoms with Crippen molar-refractivity contribution in [3.8, 4) is 5.75 Å². The van der Waals surface area contributed by atoms with Crippen LogP contribution in [0.5, 0.6) is 5.75 Å². The Kier molecular flexibility index (Phi) is 4.61. The molecule has 2 aromatic rings. The number of carboxylic acids is 1. The van der Waals surface area contributed by atoms with Gasteiger partial charge in [-0.05, 0) is 34.1 Å². The van der Waals surface area contributed by atoms with Crippen LogP contribution in [0.15, 0.2) is 51.4 Å². The topological polar surface area (TPSA) is 46.5 Å². The minimum atomic E-state index is -1.01. The molecule has 0 aromatic heterocycles. The first-order chi connectivity index (χ1) is 9.09. The Morgan fingerprint density at radius 2 is 1.74 bits per heavy atom. The summed E-state index contributed by atoms with van der Waals surface area (Å²) in [6.07, 6.45) is 0. The first-order valence-corrected chi connectivity index (χ1v) is 7.06. The maximum Gasteiger partial charge on any atom is 0.339 e. The molecule has 1 N–H and O–H groups in total. The van der Waals surface area contributed by atoms with Crippen molar-refractivity contribution in [2.24, 2.45) is 0 Å². The van der Waals surface area contributed by atoms with E-state index in [1.54, 1.807) is 12.1 Å². The molecule has 0 amide bonds. The van der Waals surface area contributed by atoms with Gasteiger partial charge in [0, 0.05) is 10.0 Å². The molecular weight excluding hydrogens is 376 g/mol. The highest BCUT2D eigenvalue weighted by Crippen LogP contribution is 2.30. The lowest BCUT2D eigenvalue weighted by molar-refractivity contribution is 0.0691. The van der Waals surface area contributed by atoms with Gasteiger partial charge in [-0.1, -0.05) is 40.2 Å². The van der Waals surface area contributed by atoms with Gasteiger partial charge in [0.05, 0.1) is 4.47 Å². The molecule has 2 aromatic carbocycles. The van der Waals surface area contributed by atoms with Crippen LogP contribution < -0.4 is 4.74 Å². The van der Waals surface area contributed by atoms with Crippen molar-refractivity contribution in [2.45, 2.75) is 6.61 Å². The molecule has 19 heavy (non-hydrogen) atoms. The van der Waals surface area contributed by atoms with Crippen molar-refractivity contribution in [3.05, 3.63) is 62.5 Å². The Balaban J connectivity index is 2.25. The molecule has 0 spiro atoms. The number of hydrogen-bond donors (Lipinski definition) is 1. The van der Waals surface area contributed by atoms with E-state index in [1.807, 2.05) is 24.3 Å². The molecule has 0 heterocycles. The molecule has 98 valence electrons. The van der Waals surface area contributed by atoms with E-state index in [0.29, 0.717) is 16.8 Å². The van der Waals surface area contributed by atoms with E-state index in [-0.39, 0.29) is 5.56 Å². The maximum atomic E-state index is 11.1. The highest BCUT2D eigenvalue weighted by atomic mass is 79.9. The summed E-state index contributed by atoms with van der Waals surface area (Å²) in [6, 6.07) is 12.6. The molecule has 0 aliphatic rings. The number of rotatable bonds is 4. The average molecular weight is 386 g/mol. The minimum Gasteiger partial charge on any atom is -0.487 e. The highest BCUT2D eigenvalue weighted by Gasteiger charge is 2.14. The lowest BCUT2D eigenvalue weighted by atomic mass is 10.2. The second kappa shape index (κ2) is 6.21. The van der Waals surface area contributed by atoms with E-state index >= 15 is 0 Å². The fourth-order valence-electron chi connectivity index (χ4n) is 1.59. The molecule has 0 atom stereocenters. The first kappa shape index (κ1) is 14.1. The minimum absolute atomic E-state index is 0.140. The van der Waals surface area contributed by atoms with E-state index in [4.69, 9.17) is 9.84 Å². The van der Waals surface area contributed by atoms with Gasteiger partial charge >= 0.3 is 5.97 Å². The smallest absolute Gasteiger partial charge is 0.339 e. The van der Waals surface area contributed by atoms with Crippen molar-refractivity contribution in [1.82, 2.24) is 0 Å². The summed E-state index contributed by atoms with van der Waals surface area (Å²) in [6.45, 7) is 0.296. The fraction of sp³-hybridized carbons (Fsp3) is 0.0714. The molecular formula is C14H10Br2O3. The van der Waals surface area contributed by atoms with Gasteiger partial charge in [0.25, 0.3) is 0 Å². The standard InChI is InChI=1S/C14H10Br2O3/c15-11-6-2-1-4-9(11)8-19-13-10(14(17)18)5-3-7-12(13)16/h1-7H,8H2,(H,17,18). The lowest BCUT2D eigenvalue weighted by Crippen LogP contribution is -2.04. The Morgan fingerprint density at radius 3 is 2.42 bits per heavy atom. The van der Waals surface area contributed by atoms with Crippen LogP contribution in [0.2, 0.25) is 0 Å². The van der Waals surface area contributed by atoms with Gasteiger partial charge < -0.3 is 9.84 Å². The van der Waals surface area contributed by atoms with Crippen LogP contribution in [0.4, 0.5) is 0 Å². The summed E-state index contributed by atoms with van der Waals surface area (Å²) in [4.78, 5) is 11.1. The molecule has 0 unspecified atom stereocenters. The van der Waals surface area contributed by atoms with Crippen molar-refractivity contribution >= 4 is 37.8 Å². The van der Waals surface area contributed by atoms with Crippen LogP contribution in [0, 0.1) is 0 Å². The van der Waals surface area contributed by atoms with Crippen LogP contribution in [-0.4, -0.2) is 11.1 Å². The van der Waals surface area contributed by atoms with Crippen LogP contribution >= 0.6 is 31.9 Å². The molecule has 0 aliphatic heterocycles. The van der Waals surface area contributed by atoms with Gasteiger partial charge in [0.15, 0.2) is 0 Å². The number of halogens is 2. The maximum absolute atomic E-state index is 11.1. The van der Waals surface area contributed by atoms with Gasteiger partial charge in [-0.2, -0.15) is 0 Å². The van der Waals surface area contributed by atoms with Crippen molar-refractivity contribution in [1.29, 1.82) is 0 Å². The number of aromatic carboxylic acids is 1. The lowest BCUT2D eigenvalue weighted by Gasteiger charge is -2.11. The number of hydrogen-bond acceptors (Lipinski definition) is 2. The zero-order valence-electron chi connectivity index (χ0n) is 9.77. The van der Waals surface area contributed by atoms with Gasteiger partial charge in [-0.15, -0.1) is 0 Å². The van der Waals surface area contributed by atoms with Gasteiger partial charge in [-0.3, -0.25) is 0 Å². The normalized spacial score (nSPS) is 10.2. The first-order valence-electron chi connectivity index (χ1n) is 5.47. The molecule has 0 aliphatic carbocycles. The monoisotopic (exact) mass is 384 g/mol. The van der Waals surface area contributed by atoms with E-state index in [1.165, 1.54) is 6.07 Å². The molecule has 2 rings (SSSR count). The summed E-state index contributed by atoms with van der Waals surface area (Å²) >= 11 is 6.74. The third-order valence-electron chi connectivity index (χ3n) is 2.53. The molecule has 3 nitrogen and oxygen atoms in total. The quantitative estimate of drug-likeness (QED) is 0.843. The van der Waals surface area contributed by atoms with E-state index in [2.05, 4.69) is 31.9 Å². The van der Waals surface area contributed by atoms with Crippen LogP contribution in [-0.2, 0) is 6.61 Å². The van der Waals surface area contributed by atoms with Crippen molar-refractivity contribution in [3.63, 3.8) is 0 Å². The summed E-state index contributed by atoms with van der Waals surface area (Å²) in [5, 5.41) is 9.13. The van der Waals surface area contributed by atoms with E-state index in [9.17, 15) is 4.79 Å². The predicted octanol–water partition coefficient (Wildman–Crippen LogP) is 4.49. The molecule has 5 heteroatoms. The summed E-state index contributed by atoms with van der Waals surface area (Å²) < 4.78 is 7.19. The molecule has 0 bridgehead atoms. The van der Waals surface area contributed by atoms with Crippen LogP contribution in [0.25, 0.3) is 0 Å². The fourth-order valence-corrected chi connectivity index (χ4v) is 2.47. The zero-order chi connectivity index (χ0) is 13.8. The molecule has 0 saturated carbocycles. The van der Waals surface area contributed by atoms with E-state index in [0.717, 1.165) is 10.0 Å². The second-order valence-corrected chi connectivity index (χ2v) is 5.51. The number of para-hydroxylation sites is 1. The SMILES string of the molecule is O=C(O)c1cccc(Br)c1OCc1ccccc1Br. The summed E-state index contributed by atoms with van der Waals surface area (Å²) in [5.74, 6) is -0.672. The van der Waals surface area contributed by atoms with Crippen molar-refractivity contribution < 1.29 is 14.6 Å².